The van der Waals surface area contributed by atoms with Crippen LogP contribution in [0.1, 0.15) is 34.1 Å². The molecule has 31 heavy (non-hydrogen) atoms. The van der Waals surface area contributed by atoms with E-state index in [1.54, 1.807) is 67.6 Å². The number of halogens is 3. The molecule has 0 radical (unpaired) electrons. The molecule has 1 heterocycles. The predicted octanol–water partition coefficient (Wildman–Crippen LogP) is 7.28. The van der Waals surface area contributed by atoms with E-state index < -0.39 is 5.92 Å². The van der Waals surface area contributed by atoms with Crippen molar-refractivity contribution in [3.8, 4) is 11.4 Å². The van der Waals surface area contributed by atoms with Crippen LogP contribution in [0.2, 0.25) is 15.1 Å². The van der Waals surface area contributed by atoms with Crippen molar-refractivity contribution in [2.45, 2.75) is 13.3 Å². The summed E-state index contributed by atoms with van der Waals surface area (Å²) in [4.78, 5) is 33.2. The van der Waals surface area contributed by atoms with Gasteiger partial charge in [0.2, 0.25) is 0 Å². The maximum Gasteiger partial charge on any atom is 0.166 e. The smallest absolute Gasteiger partial charge is 0.166 e. The summed E-state index contributed by atoms with van der Waals surface area (Å²) in [6.07, 6.45) is 0.101. The summed E-state index contributed by atoms with van der Waals surface area (Å²) in [5, 5.41) is 1.53. The third-order valence-electron chi connectivity index (χ3n) is 5.07. The first-order chi connectivity index (χ1) is 14.8. The molecule has 0 aliphatic rings. The number of rotatable bonds is 6. The third-order valence-corrected chi connectivity index (χ3v) is 5.95. The number of ketones is 2. The molecule has 1 N–H and O–H groups in total. The SMILES string of the molecule is CC(CC(=O)c1ccc2nc(-c3c(Cl)cccc3Cl)[nH]c2c1)C(=O)c1ccc(Cl)cc1. The van der Waals surface area contributed by atoms with Crippen LogP contribution in [0.5, 0.6) is 0 Å². The van der Waals surface area contributed by atoms with E-state index in [9.17, 15) is 9.59 Å². The van der Waals surface area contributed by atoms with Crippen LogP contribution in [0.4, 0.5) is 0 Å². The van der Waals surface area contributed by atoms with Crippen molar-refractivity contribution in [2.75, 3.05) is 0 Å². The Balaban J connectivity index is 1.56. The number of benzene rings is 3. The first-order valence-corrected chi connectivity index (χ1v) is 10.7. The number of carbonyl (C=O) groups excluding carboxylic acids is 2. The van der Waals surface area contributed by atoms with E-state index in [-0.39, 0.29) is 18.0 Å². The second kappa shape index (κ2) is 8.83. The largest absolute Gasteiger partial charge is 0.338 e. The fourth-order valence-corrected chi connectivity index (χ4v) is 4.12. The number of hydrogen-bond acceptors (Lipinski definition) is 3. The number of fused-ring (bicyclic) bond motifs is 1. The second-order valence-corrected chi connectivity index (χ2v) is 8.56. The highest BCUT2D eigenvalue weighted by molar-refractivity contribution is 6.39. The molecular weight excluding hydrogens is 455 g/mol. The standard InChI is InChI=1S/C24H17Cl3N2O2/c1-13(23(31)14-5-8-16(25)9-6-14)11-21(30)15-7-10-19-20(12-15)29-24(28-19)22-17(26)3-2-4-18(22)27/h2-10,12-13H,11H2,1H3,(H,28,29). The second-order valence-electron chi connectivity index (χ2n) is 7.31. The number of aromatic amines is 1. The number of Topliss-reactive ketones (excluding diaryl/α,β-unsaturated/α-hetero) is 2. The number of imidazole rings is 1. The van der Waals surface area contributed by atoms with Gasteiger partial charge in [0.15, 0.2) is 11.6 Å². The summed E-state index contributed by atoms with van der Waals surface area (Å²) in [6.45, 7) is 1.75. The summed E-state index contributed by atoms with van der Waals surface area (Å²) in [6, 6.07) is 17.1. The molecule has 7 heteroatoms. The van der Waals surface area contributed by atoms with E-state index in [2.05, 4.69) is 9.97 Å². The maximum atomic E-state index is 12.8. The van der Waals surface area contributed by atoms with Crippen molar-refractivity contribution in [2.24, 2.45) is 5.92 Å². The normalized spacial score (nSPS) is 12.1. The Morgan fingerprint density at radius 1 is 0.935 bits per heavy atom. The van der Waals surface area contributed by atoms with Gasteiger partial charge in [-0.1, -0.05) is 47.8 Å². The summed E-state index contributed by atoms with van der Waals surface area (Å²) in [5.74, 6) is -0.142. The number of nitrogens with one attached hydrogen (secondary N) is 1. The average molecular weight is 472 g/mol. The highest BCUT2D eigenvalue weighted by Crippen LogP contribution is 2.34. The van der Waals surface area contributed by atoms with Crippen LogP contribution in [0, 0.1) is 5.92 Å². The molecule has 3 aromatic carbocycles. The average Bonchev–Trinajstić information content (AvgIpc) is 3.16. The zero-order valence-electron chi connectivity index (χ0n) is 16.5. The zero-order chi connectivity index (χ0) is 22.1. The number of nitrogens with zero attached hydrogens (tertiary/aromatic N) is 1. The van der Waals surface area contributed by atoms with Gasteiger partial charge in [-0.25, -0.2) is 4.98 Å². The van der Waals surface area contributed by atoms with Gasteiger partial charge in [-0.3, -0.25) is 9.59 Å². The molecule has 1 aromatic heterocycles. The van der Waals surface area contributed by atoms with Crippen LogP contribution >= 0.6 is 34.8 Å². The lowest BCUT2D eigenvalue weighted by molar-refractivity contribution is 0.0863. The zero-order valence-corrected chi connectivity index (χ0v) is 18.7. The van der Waals surface area contributed by atoms with Crippen LogP contribution in [0.3, 0.4) is 0 Å². The summed E-state index contributed by atoms with van der Waals surface area (Å²) < 4.78 is 0. The van der Waals surface area contributed by atoms with Crippen molar-refractivity contribution < 1.29 is 9.59 Å². The molecule has 0 bridgehead atoms. The quantitative estimate of drug-likeness (QED) is 0.300. The van der Waals surface area contributed by atoms with E-state index in [0.29, 0.717) is 48.6 Å². The van der Waals surface area contributed by atoms with Gasteiger partial charge in [-0.05, 0) is 54.6 Å². The minimum Gasteiger partial charge on any atom is -0.338 e. The Bertz CT molecular complexity index is 1280. The van der Waals surface area contributed by atoms with Gasteiger partial charge < -0.3 is 4.98 Å². The maximum absolute atomic E-state index is 12.8. The fraction of sp³-hybridized carbons (Fsp3) is 0.125. The molecule has 0 aliphatic carbocycles. The first-order valence-electron chi connectivity index (χ1n) is 9.60. The molecule has 4 nitrogen and oxygen atoms in total. The molecular formula is C24H17Cl3N2O2. The predicted molar refractivity (Wildman–Crippen MR) is 125 cm³/mol. The Morgan fingerprint density at radius 2 is 1.58 bits per heavy atom. The molecule has 0 spiro atoms. The van der Waals surface area contributed by atoms with E-state index in [0.717, 1.165) is 0 Å². The molecule has 156 valence electrons. The van der Waals surface area contributed by atoms with E-state index >= 15 is 0 Å². The molecule has 1 unspecified atom stereocenters. The Kier molecular flexibility index (Phi) is 6.15. The molecule has 1 atom stereocenters. The number of aromatic nitrogens is 2. The highest BCUT2D eigenvalue weighted by atomic mass is 35.5. The lowest BCUT2D eigenvalue weighted by Crippen LogP contribution is -2.16. The van der Waals surface area contributed by atoms with E-state index in [1.165, 1.54) is 0 Å². The molecule has 4 rings (SSSR count). The van der Waals surface area contributed by atoms with Gasteiger partial charge >= 0.3 is 0 Å². The van der Waals surface area contributed by atoms with Crippen LogP contribution in [-0.2, 0) is 0 Å². The number of H-pyrrole nitrogens is 1. The van der Waals surface area contributed by atoms with Gasteiger partial charge in [-0.15, -0.1) is 0 Å². The molecule has 0 amide bonds. The first kappa shape index (κ1) is 21.6. The van der Waals surface area contributed by atoms with Gasteiger partial charge in [-0.2, -0.15) is 0 Å². The Hall–Kier alpha value is -2.66. The van der Waals surface area contributed by atoms with Crippen LogP contribution in [0.15, 0.2) is 60.7 Å². The molecule has 0 saturated carbocycles. The van der Waals surface area contributed by atoms with Crippen molar-refractivity contribution in [1.29, 1.82) is 0 Å². The monoisotopic (exact) mass is 470 g/mol. The number of carbonyl (C=O) groups is 2. The Labute approximate surface area is 194 Å². The molecule has 0 aliphatic heterocycles. The third kappa shape index (κ3) is 4.52. The van der Waals surface area contributed by atoms with Crippen molar-refractivity contribution in [1.82, 2.24) is 9.97 Å². The van der Waals surface area contributed by atoms with Crippen molar-refractivity contribution in [3.05, 3.63) is 86.9 Å². The molecule has 4 aromatic rings. The molecule has 0 saturated heterocycles. The minimum atomic E-state index is -0.455. The fourth-order valence-electron chi connectivity index (χ4n) is 3.41. The lowest BCUT2D eigenvalue weighted by atomic mass is 9.92. The highest BCUT2D eigenvalue weighted by Gasteiger charge is 2.20. The van der Waals surface area contributed by atoms with Gasteiger partial charge in [0.1, 0.15) is 5.82 Å². The lowest BCUT2D eigenvalue weighted by Gasteiger charge is -2.10. The molecule has 0 fully saturated rings. The van der Waals surface area contributed by atoms with Crippen molar-refractivity contribution >= 4 is 57.4 Å². The summed E-state index contributed by atoms with van der Waals surface area (Å²) >= 11 is 18.4. The van der Waals surface area contributed by atoms with Gasteiger partial charge in [0, 0.05) is 28.5 Å². The van der Waals surface area contributed by atoms with Gasteiger partial charge in [0.25, 0.3) is 0 Å². The number of hydrogen-bond donors (Lipinski definition) is 1. The van der Waals surface area contributed by atoms with Crippen LogP contribution < -0.4 is 0 Å². The minimum absolute atomic E-state index is 0.0942. The van der Waals surface area contributed by atoms with Crippen LogP contribution in [0.25, 0.3) is 22.4 Å². The summed E-state index contributed by atoms with van der Waals surface area (Å²) in [5.41, 5.74) is 3.03. The van der Waals surface area contributed by atoms with E-state index in [4.69, 9.17) is 34.8 Å². The van der Waals surface area contributed by atoms with Crippen molar-refractivity contribution in [3.63, 3.8) is 0 Å². The van der Waals surface area contributed by atoms with E-state index in [1.807, 2.05) is 0 Å². The summed E-state index contributed by atoms with van der Waals surface area (Å²) in [7, 11) is 0. The van der Waals surface area contributed by atoms with Crippen LogP contribution in [-0.4, -0.2) is 21.5 Å². The van der Waals surface area contributed by atoms with Gasteiger partial charge in [0.05, 0.1) is 26.6 Å². The topological polar surface area (TPSA) is 62.8 Å². The Morgan fingerprint density at radius 3 is 2.26 bits per heavy atom.